The molecule has 0 saturated carbocycles. The van der Waals surface area contributed by atoms with Crippen molar-refractivity contribution in [3.63, 3.8) is 0 Å². The van der Waals surface area contributed by atoms with Gasteiger partial charge in [-0.3, -0.25) is 0 Å². The number of nitrogens with one attached hydrogen (secondary N) is 1. The Hall–Kier alpha value is -1.94. The maximum Gasteiger partial charge on any atom is 0.123 e. The average molecular weight is 218 g/mol. The molecule has 84 valence electrons. The molecule has 2 aromatic rings. The number of rotatable bonds is 4. The number of anilines is 1. The van der Waals surface area contributed by atoms with Crippen LogP contribution >= 0.6 is 0 Å². The predicted molar refractivity (Wildman–Crippen MR) is 62.0 cm³/mol. The van der Waals surface area contributed by atoms with Gasteiger partial charge in [-0.25, -0.2) is 0 Å². The van der Waals surface area contributed by atoms with E-state index in [1.165, 1.54) is 0 Å². The fourth-order valence-corrected chi connectivity index (χ4v) is 1.43. The van der Waals surface area contributed by atoms with E-state index in [-0.39, 0.29) is 5.75 Å². The molecule has 0 aliphatic heterocycles. The SMILES string of the molecule is NCc1ccc(CNc2cccc(O)c2)o1. The molecule has 0 spiro atoms. The van der Waals surface area contributed by atoms with Crippen LogP contribution in [-0.2, 0) is 13.1 Å². The van der Waals surface area contributed by atoms with Gasteiger partial charge in [0.05, 0.1) is 13.1 Å². The molecular weight excluding hydrogens is 204 g/mol. The van der Waals surface area contributed by atoms with Crippen LogP contribution in [0.5, 0.6) is 5.75 Å². The van der Waals surface area contributed by atoms with Crippen molar-refractivity contribution in [1.82, 2.24) is 0 Å². The van der Waals surface area contributed by atoms with Crippen LogP contribution in [0.4, 0.5) is 5.69 Å². The molecule has 1 aromatic carbocycles. The van der Waals surface area contributed by atoms with Gasteiger partial charge in [0, 0.05) is 11.8 Å². The number of benzene rings is 1. The second-order valence-corrected chi connectivity index (χ2v) is 3.48. The van der Waals surface area contributed by atoms with Gasteiger partial charge in [-0.1, -0.05) is 6.07 Å². The molecule has 1 heterocycles. The maximum atomic E-state index is 9.27. The number of hydrogen-bond acceptors (Lipinski definition) is 4. The molecule has 0 aliphatic carbocycles. The Morgan fingerprint density at radius 3 is 2.69 bits per heavy atom. The first kappa shape index (κ1) is 10.6. The second kappa shape index (κ2) is 4.72. The molecular formula is C12H14N2O2. The minimum absolute atomic E-state index is 0.243. The summed E-state index contributed by atoms with van der Waals surface area (Å²) in [4.78, 5) is 0. The fraction of sp³-hybridized carbons (Fsp3) is 0.167. The highest BCUT2D eigenvalue weighted by molar-refractivity contribution is 5.47. The van der Waals surface area contributed by atoms with E-state index in [2.05, 4.69) is 5.32 Å². The minimum atomic E-state index is 0.243. The van der Waals surface area contributed by atoms with Gasteiger partial charge in [0.1, 0.15) is 17.3 Å². The molecule has 4 nitrogen and oxygen atoms in total. The monoisotopic (exact) mass is 218 g/mol. The third kappa shape index (κ3) is 2.55. The molecule has 0 atom stereocenters. The van der Waals surface area contributed by atoms with Gasteiger partial charge in [0.15, 0.2) is 0 Å². The summed E-state index contributed by atoms with van der Waals surface area (Å²) in [5.74, 6) is 1.84. The van der Waals surface area contributed by atoms with Gasteiger partial charge >= 0.3 is 0 Å². The summed E-state index contributed by atoms with van der Waals surface area (Å²) in [6, 6.07) is 10.7. The van der Waals surface area contributed by atoms with E-state index < -0.39 is 0 Å². The molecule has 0 saturated heterocycles. The first-order valence-electron chi connectivity index (χ1n) is 5.08. The van der Waals surface area contributed by atoms with Crippen molar-refractivity contribution in [1.29, 1.82) is 0 Å². The second-order valence-electron chi connectivity index (χ2n) is 3.48. The maximum absolute atomic E-state index is 9.27. The van der Waals surface area contributed by atoms with E-state index in [9.17, 15) is 5.11 Å². The van der Waals surface area contributed by atoms with Crippen molar-refractivity contribution in [3.05, 3.63) is 47.9 Å². The zero-order chi connectivity index (χ0) is 11.4. The van der Waals surface area contributed by atoms with Crippen LogP contribution in [0.1, 0.15) is 11.5 Å². The van der Waals surface area contributed by atoms with Crippen LogP contribution in [0.3, 0.4) is 0 Å². The van der Waals surface area contributed by atoms with Gasteiger partial charge in [-0.05, 0) is 24.3 Å². The van der Waals surface area contributed by atoms with Crippen molar-refractivity contribution in [3.8, 4) is 5.75 Å². The van der Waals surface area contributed by atoms with Crippen LogP contribution in [0.25, 0.3) is 0 Å². The number of nitrogens with two attached hydrogens (primary N) is 1. The average Bonchev–Trinajstić information content (AvgIpc) is 2.74. The van der Waals surface area contributed by atoms with Gasteiger partial charge in [-0.15, -0.1) is 0 Å². The molecule has 0 bridgehead atoms. The van der Waals surface area contributed by atoms with E-state index in [1.54, 1.807) is 18.2 Å². The number of phenolic OH excluding ortho intramolecular Hbond substituents is 1. The van der Waals surface area contributed by atoms with E-state index in [0.717, 1.165) is 17.2 Å². The summed E-state index contributed by atoms with van der Waals surface area (Å²) in [7, 11) is 0. The van der Waals surface area contributed by atoms with Crippen LogP contribution in [0, 0.1) is 0 Å². The smallest absolute Gasteiger partial charge is 0.123 e. The van der Waals surface area contributed by atoms with Gasteiger partial charge < -0.3 is 20.6 Å². The number of aromatic hydroxyl groups is 1. The summed E-state index contributed by atoms with van der Waals surface area (Å²) in [5, 5.41) is 12.4. The lowest BCUT2D eigenvalue weighted by Gasteiger charge is -2.04. The van der Waals surface area contributed by atoms with E-state index in [0.29, 0.717) is 13.1 Å². The lowest BCUT2D eigenvalue weighted by molar-refractivity contribution is 0.471. The number of furan rings is 1. The van der Waals surface area contributed by atoms with Crippen molar-refractivity contribution in [2.45, 2.75) is 13.1 Å². The molecule has 2 rings (SSSR count). The minimum Gasteiger partial charge on any atom is -0.508 e. The molecule has 0 fully saturated rings. The summed E-state index contributed by atoms with van der Waals surface area (Å²) in [6.45, 7) is 0.982. The van der Waals surface area contributed by atoms with E-state index >= 15 is 0 Å². The third-order valence-electron chi connectivity index (χ3n) is 2.23. The van der Waals surface area contributed by atoms with Crippen molar-refractivity contribution < 1.29 is 9.52 Å². The molecule has 4 N–H and O–H groups in total. The van der Waals surface area contributed by atoms with Crippen molar-refractivity contribution in [2.24, 2.45) is 5.73 Å². The molecule has 4 heteroatoms. The summed E-state index contributed by atoms with van der Waals surface area (Å²) in [6.07, 6.45) is 0. The Labute approximate surface area is 93.7 Å². The van der Waals surface area contributed by atoms with E-state index in [1.807, 2.05) is 18.2 Å². The zero-order valence-corrected chi connectivity index (χ0v) is 8.81. The summed E-state index contributed by atoms with van der Waals surface area (Å²) in [5.41, 5.74) is 6.30. The van der Waals surface area contributed by atoms with Gasteiger partial charge in [-0.2, -0.15) is 0 Å². The molecule has 0 aliphatic rings. The first-order valence-corrected chi connectivity index (χ1v) is 5.08. The zero-order valence-electron chi connectivity index (χ0n) is 8.81. The lowest BCUT2D eigenvalue weighted by atomic mass is 10.3. The third-order valence-corrected chi connectivity index (χ3v) is 2.23. The molecule has 16 heavy (non-hydrogen) atoms. The standard InChI is InChI=1S/C12H14N2O2/c13-7-11-4-5-12(16-11)8-14-9-2-1-3-10(15)6-9/h1-6,14-15H,7-8,13H2. The highest BCUT2D eigenvalue weighted by Crippen LogP contribution is 2.16. The van der Waals surface area contributed by atoms with Gasteiger partial charge in [0.25, 0.3) is 0 Å². The summed E-state index contributed by atoms with van der Waals surface area (Å²) >= 11 is 0. The van der Waals surface area contributed by atoms with Crippen LogP contribution < -0.4 is 11.1 Å². The Balaban J connectivity index is 1.96. The van der Waals surface area contributed by atoms with Crippen LogP contribution in [-0.4, -0.2) is 5.11 Å². The largest absolute Gasteiger partial charge is 0.508 e. The summed E-state index contributed by atoms with van der Waals surface area (Å²) < 4.78 is 5.43. The molecule has 0 amide bonds. The lowest BCUT2D eigenvalue weighted by Crippen LogP contribution is -1.98. The Bertz CT molecular complexity index is 466. The Morgan fingerprint density at radius 1 is 1.19 bits per heavy atom. The Kier molecular flexibility index (Phi) is 3.12. The van der Waals surface area contributed by atoms with Crippen LogP contribution in [0.15, 0.2) is 40.8 Å². The quantitative estimate of drug-likeness (QED) is 0.734. The normalized spacial score (nSPS) is 10.3. The highest BCUT2D eigenvalue weighted by Gasteiger charge is 2.00. The fourth-order valence-electron chi connectivity index (χ4n) is 1.43. The van der Waals surface area contributed by atoms with Crippen LogP contribution in [0.2, 0.25) is 0 Å². The molecule has 1 aromatic heterocycles. The van der Waals surface area contributed by atoms with Crippen molar-refractivity contribution in [2.75, 3.05) is 5.32 Å². The van der Waals surface area contributed by atoms with Gasteiger partial charge in [0.2, 0.25) is 0 Å². The van der Waals surface area contributed by atoms with E-state index in [4.69, 9.17) is 10.2 Å². The van der Waals surface area contributed by atoms with Crippen molar-refractivity contribution >= 4 is 5.69 Å². The predicted octanol–water partition coefficient (Wildman–Crippen LogP) is 2.06. The number of hydrogen-bond donors (Lipinski definition) is 3. The highest BCUT2D eigenvalue weighted by atomic mass is 16.3. The topological polar surface area (TPSA) is 71.4 Å². The Morgan fingerprint density at radius 2 is 2.00 bits per heavy atom. The first-order chi connectivity index (χ1) is 7.78. The molecule has 0 radical (unpaired) electrons. The molecule has 0 unspecified atom stereocenters. The number of phenols is 1.